The fourth-order valence-electron chi connectivity index (χ4n) is 5.65. The van der Waals surface area contributed by atoms with Crippen molar-refractivity contribution in [2.45, 2.75) is 59.7 Å². The Morgan fingerprint density at radius 2 is 1.95 bits per heavy atom. The van der Waals surface area contributed by atoms with Gasteiger partial charge in [-0.1, -0.05) is 37.1 Å². The number of aromatic amines is 1. The molecule has 1 fully saturated rings. The lowest BCUT2D eigenvalue weighted by Crippen LogP contribution is -2.35. The Morgan fingerprint density at radius 3 is 2.66 bits per heavy atom. The van der Waals surface area contributed by atoms with Crippen LogP contribution in [0.15, 0.2) is 47.4 Å². The van der Waals surface area contributed by atoms with E-state index in [-0.39, 0.29) is 24.1 Å². The molecule has 2 aromatic carbocycles. The Labute approximate surface area is 245 Å². The lowest BCUT2D eigenvalue weighted by molar-refractivity contribution is 0.0342. The summed E-state index contributed by atoms with van der Waals surface area (Å²) in [6.07, 6.45) is 3.75. The maximum atomic E-state index is 13.7. The third-order valence-electron chi connectivity index (χ3n) is 7.86. The van der Waals surface area contributed by atoms with Crippen LogP contribution in [0.2, 0.25) is 5.02 Å². The minimum absolute atomic E-state index is 0.128. The Hall–Kier alpha value is -3.46. The number of hydrogen-bond acceptors (Lipinski definition) is 5. The van der Waals surface area contributed by atoms with Crippen LogP contribution >= 0.6 is 11.6 Å². The zero-order chi connectivity index (χ0) is 29.1. The summed E-state index contributed by atoms with van der Waals surface area (Å²) in [6.45, 7) is 12.3. The van der Waals surface area contributed by atoms with E-state index in [1.54, 1.807) is 6.20 Å². The van der Waals surface area contributed by atoms with Gasteiger partial charge in [0.2, 0.25) is 0 Å². The average molecular weight is 576 g/mol. The molecule has 2 N–H and O–H groups in total. The van der Waals surface area contributed by atoms with Crippen LogP contribution in [0, 0.1) is 13.8 Å². The van der Waals surface area contributed by atoms with Gasteiger partial charge in [-0.25, -0.2) is 0 Å². The largest absolute Gasteiger partial charge is 0.379 e. The number of hydrogen-bond donors (Lipinski definition) is 2. The highest BCUT2D eigenvalue weighted by molar-refractivity contribution is 6.33. The molecular weight excluding hydrogens is 538 g/mol. The van der Waals surface area contributed by atoms with Gasteiger partial charge in [0.05, 0.1) is 30.5 Å². The normalized spacial score (nSPS) is 14.9. The van der Waals surface area contributed by atoms with Gasteiger partial charge in [0.25, 0.3) is 11.5 Å². The number of pyridine rings is 1. The maximum Gasteiger partial charge on any atom is 0.253 e. The van der Waals surface area contributed by atoms with E-state index < -0.39 is 0 Å². The van der Waals surface area contributed by atoms with Crippen molar-refractivity contribution in [3.8, 4) is 11.1 Å². The van der Waals surface area contributed by atoms with Crippen molar-refractivity contribution in [2.75, 3.05) is 26.3 Å². The van der Waals surface area contributed by atoms with Gasteiger partial charge >= 0.3 is 0 Å². The molecule has 8 nitrogen and oxygen atoms in total. The number of morpholine rings is 1. The molecule has 0 aliphatic carbocycles. The van der Waals surface area contributed by atoms with Crippen LogP contribution in [-0.4, -0.2) is 51.9 Å². The van der Waals surface area contributed by atoms with E-state index in [2.05, 4.69) is 46.3 Å². The summed E-state index contributed by atoms with van der Waals surface area (Å²) in [5.41, 5.74) is 6.22. The molecule has 0 bridgehead atoms. The van der Waals surface area contributed by atoms with Crippen molar-refractivity contribution in [2.24, 2.45) is 0 Å². The number of nitrogens with zero attached hydrogens (tertiary/aromatic N) is 3. The molecule has 1 aliphatic heterocycles. The van der Waals surface area contributed by atoms with E-state index in [0.29, 0.717) is 16.1 Å². The molecule has 1 saturated heterocycles. The predicted molar refractivity (Wildman–Crippen MR) is 164 cm³/mol. The van der Waals surface area contributed by atoms with Crippen LogP contribution in [0.3, 0.4) is 0 Å². The molecule has 2 aromatic heterocycles. The molecular formula is C32H38ClN5O3. The van der Waals surface area contributed by atoms with E-state index in [0.717, 1.165) is 84.5 Å². The van der Waals surface area contributed by atoms with Gasteiger partial charge in [-0.05, 0) is 68.1 Å². The monoisotopic (exact) mass is 575 g/mol. The SMILES string of the molecule is CCCC(C)n1ncc2c(C(=O)NCc3c(C)cc(C)[nH]c3=O)cc(-c3ccc(CN4CCOCC4)cc3Cl)cc21. The van der Waals surface area contributed by atoms with E-state index in [4.69, 9.17) is 16.3 Å². The summed E-state index contributed by atoms with van der Waals surface area (Å²) in [5.74, 6) is -0.265. The summed E-state index contributed by atoms with van der Waals surface area (Å²) < 4.78 is 7.47. The minimum atomic E-state index is -0.265. The molecule has 9 heteroatoms. The van der Waals surface area contributed by atoms with E-state index in [9.17, 15) is 9.59 Å². The number of rotatable bonds is 9. The van der Waals surface area contributed by atoms with Crippen LogP contribution in [0.25, 0.3) is 22.0 Å². The molecule has 0 radical (unpaired) electrons. The number of aromatic nitrogens is 3. The van der Waals surface area contributed by atoms with Gasteiger partial charge in [-0.3, -0.25) is 19.2 Å². The van der Waals surface area contributed by atoms with Crippen molar-refractivity contribution in [1.29, 1.82) is 0 Å². The van der Waals surface area contributed by atoms with Crippen LogP contribution in [0.4, 0.5) is 0 Å². The lowest BCUT2D eigenvalue weighted by atomic mass is 9.98. The molecule has 41 heavy (non-hydrogen) atoms. The second kappa shape index (κ2) is 12.6. The van der Waals surface area contributed by atoms with Crippen LogP contribution < -0.4 is 10.9 Å². The highest BCUT2D eigenvalue weighted by Crippen LogP contribution is 2.34. The predicted octanol–water partition coefficient (Wildman–Crippen LogP) is 5.79. The molecule has 1 amide bonds. The highest BCUT2D eigenvalue weighted by Gasteiger charge is 2.20. The number of benzene rings is 2. The number of amides is 1. The summed E-state index contributed by atoms with van der Waals surface area (Å²) in [5, 5.41) is 9.06. The first-order chi connectivity index (χ1) is 19.7. The number of carbonyl (C=O) groups excluding carboxylic acids is 1. The van der Waals surface area contributed by atoms with Gasteiger partial charge in [-0.2, -0.15) is 5.10 Å². The number of H-pyrrole nitrogens is 1. The summed E-state index contributed by atoms with van der Waals surface area (Å²) in [4.78, 5) is 31.4. The average Bonchev–Trinajstić information content (AvgIpc) is 3.37. The first-order valence-electron chi connectivity index (χ1n) is 14.3. The fourth-order valence-corrected chi connectivity index (χ4v) is 5.97. The number of ether oxygens (including phenoxy) is 1. The topological polar surface area (TPSA) is 92.2 Å². The Bertz CT molecular complexity index is 1620. The summed E-state index contributed by atoms with van der Waals surface area (Å²) >= 11 is 6.88. The maximum absolute atomic E-state index is 13.7. The molecule has 1 unspecified atom stereocenters. The number of aryl methyl sites for hydroxylation is 2. The molecule has 216 valence electrons. The van der Waals surface area contributed by atoms with Crippen LogP contribution in [0.5, 0.6) is 0 Å². The van der Waals surface area contributed by atoms with Gasteiger partial charge in [0.1, 0.15) is 0 Å². The van der Waals surface area contributed by atoms with Crippen molar-refractivity contribution < 1.29 is 9.53 Å². The molecule has 0 spiro atoms. The van der Waals surface area contributed by atoms with Crippen molar-refractivity contribution in [3.63, 3.8) is 0 Å². The second-order valence-corrected chi connectivity index (χ2v) is 11.4. The number of carbonyl (C=O) groups is 1. The zero-order valence-electron chi connectivity index (χ0n) is 24.2. The van der Waals surface area contributed by atoms with Crippen LogP contribution in [-0.2, 0) is 17.8 Å². The Kier molecular flexibility index (Phi) is 8.92. The van der Waals surface area contributed by atoms with Crippen molar-refractivity contribution in [3.05, 3.63) is 85.9 Å². The molecule has 4 aromatic rings. The summed E-state index contributed by atoms with van der Waals surface area (Å²) in [7, 11) is 0. The van der Waals surface area contributed by atoms with E-state index in [1.165, 1.54) is 0 Å². The van der Waals surface area contributed by atoms with Crippen molar-refractivity contribution in [1.82, 2.24) is 25.0 Å². The van der Waals surface area contributed by atoms with Gasteiger partial charge in [0.15, 0.2) is 0 Å². The van der Waals surface area contributed by atoms with Crippen molar-refractivity contribution >= 4 is 28.4 Å². The molecule has 0 saturated carbocycles. The van der Waals surface area contributed by atoms with E-state index in [1.807, 2.05) is 42.8 Å². The highest BCUT2D eigenvalue weighted by atomic mass is 35.5. The Morgan fingerprint density at radius 1 is 1.17 bits per heavy atom. The van der Waals surface area contributed by atoms with Crippen LogP contribution in [0.1, 0.15) is 65.5 Å². The number of nitrogens with one attached hydrogen (secondary N) is 2. The molecule has 5 rings (SSSR count). The third-order valence-corrected chi connectivity index (χ3v) is 8.17. The first kappa shape index (κ1) is 29.0. The van der Waals surface area contributed by atoms with Gasteiger partial charge in [0, 0.05) is 59.5 Å². The first-order valence-corrected chi connectivity index (χ1v) is 14.7. The van der Waals surface area contributed by atoms with Gasteiger partial charge < -0.3 is 15.0 Å². The third kappa shape index (κ3) is 6.40. The number of fused-ring (bicyclic) bond motifs is 1. The zero-order valence-corrected chi connectivity index (χ0v) is 25.0. The molecule has 1 atom stereocenters. The Balaban J connectivity index is 1.51. The lowest BCUT2D eigenvalue weighted by Gasteiger charge is -2.26. The minimum Gasteiger partial charge on any atom is -0.379 e. The fraction of sp³-hybridized carbons (Fsp3) is 0.406. The standard InChI is InChI=1S/C32H38ClN5O3/c1-5-6-22(4)38-30-16-24(25-8-7-23(14-29(25)33)19-37-9-11-41-12-10-37)15-26(28(30)18-35-38)31(39)34-17-27-20(2)13-21(3)36-32(27)40/h7-8,13-16,18,22H,5-6,9-12,17,19H2,1-4H3,(H,34,39)(H,36,40). The summed E-state index contributed by atoms with van der Waals surface area (Å²) in [6, 6.07) is 12.2. The van der Waals surface area contributed by atoms with E-state index >= 15 is 0 Å². The smallest absolute Gasteiger partial charge is 0.253 e. The molecule has 3 heterocycles. The quantitative estimate of drug-likeness (QED) is 0.264. The number of halogens is 1. The molecule has 1 aliphatic rings. The second-order valence-electron chi connectivity index (χ2n) is 11.0. The van der Waals surface area contributed by atoms with Gasteiger partial charge in [-0.15, -0.1) is 0 Å².